The number of H-pyrrole nitrogens is 1. The van der Waals surface area contributed by atoms with Gasteiger partial charge in [-0.3, -0.25) is 10.2 Å². The predicted molar refractivity (Wildman–Crippen MR) is 91.4 cm³/mol. The van der Waals surface area contributed by atoms with Crippen LogP contribution in [0.5, 0.6) is 11.5 Å². The number of ether oxygens (including phenoxy) is 2. The van der Waals surface area contributed by atoms with Crippen LogP contribution in [0.15, 0.2) is 31.9 Å². The standard InChI is InChI=1S/C17H10BrN3O4/c1-7-2-13-15(17(22)21-7)14(9(5-19)16(20)25-13)8-3-11-12(4-10(8)18)24-6-23-11/h2-4,20H,6H2,1H3,(H,21,22). The second-order valence-corrected chi connectivity index (χ2v) is 6.35. The lowest BCUT2D eigenvalue weighted by atomic mass is 9.97. The van der Waals surface area contributed by atoms with Gasteiger partial charge in [0.2, 0.25) is 12.3 Å². The maximum absolute atomic E-state index is 12.6. The van der Waals surface area contributed by atoms with E-state index in [9.17, 15) is 10.1 Å². The second-order valence-electron chi connectivity index (χ2n) is 5.50. The third kappa shape index (κ3) is 2.32. The van der Waals surface area contributed by atoms with Gasteiger partial charge in [0.15, 0.2) is 11.5 Å². The first-order valence-corrected chi connectivity index (χ1v) is 8.04. The molecule has 0 aliphatic carbocycles. The normalized spacial score (nSPS) is 12.4. The molecule has 25 heavy (non-hydrogen) atoms. The third-order valence-electron chi connectivity index (χ3n) is 3.91. The molecule has 0 amide bonds. The minimum Gasteiger partial charge on any atom is -0.454 e. The molecule has 0 saturated heterocycles. The van der Waals surface area contributed by atoms with Crippen LogP contribution in [0.4, 0.5) is 0 Å². The Morgan fingerprint density at radius 3 is 2.72 bits per heavy atom. The van der Waals surface area contributed by atoms with E-state index in [0.717, 1.165) is 0 Å². The molecule has 1 aliphatic heterocycles. The molecule has 0 fully saturated rings. The summed E-state index contributed by atoms with van der Waals surface area (Å²) in [5.41, 5.74) is 0.978. The van der Waals surface area contributed by atoms with Gasteiger partial charge in [-0.15, -0.1) is 0 Å². The van der Waals surface area contributed by atoms with E-state index in [-0.39, 0.29) is 28.9 Å². The highest BCUT2D eigenvalue weighted by atomic mass is 79.9. The molecular weight excluding hydrogens is 390 g/mol. The largest absolute Gasteiger partial charge is 0.454 e. The first-order chi connectivity index (χ1) is 12.0. The number of pyridine rings is 1. The summed E-state index contributed by atoms with van der Waals surface area (Å²) in [6, 6.07) is 6.98. The van der Waals surface area contributed by atoms with Crippen LogP contribution in [0.2, 0.25) is 0 Å². The fourth-order valence-electron chi connectivity index (χ4n) is 2.86. The molecule has 0 radical (unpaired) electrons. The Balaban J connectivity index is 2.20. The van der Waals surface area contributed by atoms with E-state index in [2.05, 4.69) is 20.9 Å². The van der Waals surface area contributed by atoms with Crippen molar-refractivity contribution in [3.63, 3.8) is 0 Å². The maximum Gasteiger partial charge on any atom is 0.259 e. The Hall–Kier alpha value is -3.05. The Bertz CT molecular complexity index is 1200. The van der Waals surface area contributed by atoms with Crippen molar-refractivity contribution >= 4 is 26.9 Å². The molecule has 0 atom stereocenters. The number of nitrogens with one attached hydrogen (secondary N) is 2. The zero-order valence-corrected chi connectivity index (χ0v) is 14.5. The highest BCUT2D eigenvalue weighted by molar-refractivity contribution is 9.10. The lowest BCUT2D eigenvalue weighted by molar-refractivity contribution is 0.174. The number of benzene rings is 1. The Morgan fingerprint density at radius 1 is 1.28 bits per heavy atom. The molecule has 8 heteroatoms. The Morgan fingerprint density at radius 2 is 2.00 bits per heavy atom. The number of hydrogen-bond acceptors (Lipinski definition) is 6. The number of nitriles is 1. The van der Waals surface area contributed by atoms with Gasteiger partial charge in [-0.05, 0) is 19.1 Å². The summed E-state index contributed by atoms with van der Waals surface area (Å²) in [4.78, 5) is 15.3. The van der Waals surface area contributed by atoms with E-state index in [0.29, 0.717) is 32.8 Å². The first-order valence-electron chi connectivity index (χ1n) is 7.24. The van der Waals surface area contributed by atoms with Crippen LogP contribution in [0.3, 0.4) is 0 Å². The Kier molecular flexibility index (Phi) is 3.40. The van der Waals surface area contributed by atoms with Crippen LogP contribution in [-0.4, -0.2) is 11.8 Å². The molecule has 1 aliphatic rings. The summed E-state index contributed by atoms with van der Waals surface area (Å²) in [6.07, 6.45) is 0. The number of fused-ring (bicyclic) bond motifs is 2. The molecule has 3 aromatic rings. The highest BCUT2D eigenvalue weighted by Gasteiger charge is 2.23. The summed E-state index contributed by atoms with van der Waals surface area (Å²) in [7, 11) is 0. The molecule has 0 spiro atoms. The fourth-order valence-corrected chi connectivity index (χ4v) is 3.38. The molecule has 4 rings (SSSR count). The zero-order valence-electron chi connectivity index (χ0n) is 12.9. The topological polar surface area (TPSA) is 112 Å². The molecule has 0 unspecified atom stereocenters. The van der Waals surface area contributed by atoms with Gasteiger partial charge < -0.3 is 18.9 Å². The molecule has 1 aromatic carbocycles. The van der Waals surface area contributed by atoms with Crippen molar-refractivity contribution in [3.8, 4) is 28.7 Å². The summed E-state index contributed by atoms with van der Waals surface area (Å²) in [6.45, 7) is 1.82. The van der Waals surface area contributed by atoms with Gasteiger partial charge in [-0.1, -0.05) is 15.9 Å². The highest BCUT2D eigenvalue weighted by Crippen LogP contribution is 2.42. The van der Waals surface area contributed by atoms with Crippen LogP contribution in [0.1, 0.15) is 11.3 Å². The van der Waals surface area contributed by atoms with Crippen molar-refractivity contribution in [2.75, 3.05) is 6.79 Å². The SMILES string of the molecule is Cc1cc2oc(=N)c(C#N)c(-c3cc4c(cc3Br)OCO4)c2c(=O)[nH]1. The van der Waals surface area contributed by atoms with Crippen molar-refractivity contribution in [1.29, 1.82) is 10.7 Å². The summed E-state index contributed by atoms with van der Waals surface area (Å²) >= 11 is 3.45. The smallest absolute Gasteiger partial charge is 0.259 e. The monoisotopic (exact) mass is 399 g/mol. The van der Waals surface area contributed by atoms with E-state index in [1.165, 1.54) is 0 Å². The Labute approximate surface area is 149 Å². The van der Waals surface area contributed by atoms with Gasteiger partial charge in [0.05, 0.1) is 5.39 Å². The van der Waals surface area contributed by atoms with Crippen molar-refractivity contribution in [3.05, 3.63) is 49.8 Å². The molecule has 2 aromatic heterocycles. The first kappa shape index (κ1) is 15.5. The number of rotatable bonds is 1. The quantitative estimate of drug-likeness (QED) is 0.652. The van der Waals surface area contributed by atoms with Crippen LogP contribution >= 0.6 is 15.9 Å². The van der Waals surface area contributed by atoms with E-state index >= 15 is 0 Å². The summed E-state index contributed by atoms with van der Waals surface area (Å²) < 4.78 is 16.7. The minimum atomic E-state index is -0.394. The van der Waals surface area contributed by atoms with E-state index in [1.54, 1.807) is 25.1 Å². The molecule has 7 nitrogen and oxygen atoms in total. The molecule has 124 valence electrons. The molecule has 0 saturated carbocycles. The van der Waals surface area contributed by atoms with Gasteiger partial charge in [-0.25, -0.2) is 0 Å². The van der Waals surface area contributed by atoms with Crippen LogP contribution < -0.4 is 20.6 Å². The number of hydrogen-bond donors (Lipinski definition) is 2. The number of aromatic nitrogens is 1. The van der Waals surface area contributed by atoms with Gasteiger partial charge >= 0.3 is 0 Å². The minimum absolute atomic E-state index is 0.0265. The maximum atomic E-state index is 12.6. The van der Waals surface area contributed by atoms with E-state index in [1.807, 2.05) is 6.07 Å². The van der Waals surface area contributed by atoms with Crippen LogP contribution in [0, 0.1) is 23.7 Å². The van der Waals surface area contributed by atoms with Gasteiger partial charge in [0.25, 0.3) is 5.56 Å². The summed E-state index contributed by atoms with van der Waals surface area (Å²) in [5.74, 6) is 1.07. The van der Waals surface area contributed by atoms with Crippen LogP contribution in [-0.2, 0) is 0 Å². The number of halogens is 1. The zero-order chi connectivity index (χ0) is 17.7. The van der Waals surface area contributed by atoms with Gasteiger partial charge in [0.1, 0.15) is 17.2 Å². The molecular formula is C17H10BrN3O4. The fraction of sp³-hybridized carbons (Fsp3) is 0.118. The average molecular weight is 400 g/mol. The molecule has 2 N–H and O–H groups in total. The van der Waals surface area contributed by atoms with Crippen LogP contribution in [0.25, 0.3) is 22.1 Å². The van der Waals surface area contributed by atoms with E-state index < -0.39 is 5.56 Å². The molecule has 0 bridgehead atoms. The summed E-state index contributed by atoms with van der Waals surface area (Å²) in [5, 5.41) is 17.8. The molecule has 3 heterocycles. The van der Waals surface area contributed by atoms with Gasteiger partial charge in [-0.2, -0.15) is 5.26 Å². The lowest BCUT2D eigenvalue weighted by Gasteiger charge is -2.11. The van der Waals surface area contributed by atoms with Crippen molar-refractivity contribution in [2.24, 2.45) is 0 Å². The number of aryl methyl sites for hydroxylation is 1. The van der Waals surface area contributed by atoms with E-state index in [4.69, 9.17) is 19.3 Å². The third-order valence-corrected chi connectivity index (χ3v) is 4.57. The van der Waals surface area contributed by atoms with Crippen molar-refractivity contribution in [1.82, 2.24) is 4.98 Å². The predicted octanol–water partition coefficient (Wildman–Crippen LogP) is 2.94. The van der Waals surface area contributed by atoms with Gasteiger partial charge in [0, 0.05) is 27.4 Å². The average Bonchev–Trinajstić information content (AvgIpc) is 2.99. The number of nitrogens with zero attached hydrogens (tertiary/aromatic N) is 1. The van der Waals surface area contributed by atoms with Crippen molar-refractivity contribution < 1.29 is 13.9 Å². The van der Waals surface area contributed by atoms with Crippen molar-refractivity contribution in [2.45, 2.75) is 6.92 Å². The second kappa shape index (κ2) is 5.50. The lowest BCUT2D eigenvalue weighted by Crippen LogP contribution is -2.15. The number of aromatic amines is 1.